The summed E-state index contributed by atoms with van der Waals surface area (Å²) in [6.45, 7) is 0. The molecule has 0 saturated carbocycles. The van der Waals surface area contributed by atoms with E-state index in [0.717, 1.165) is 0 Å². The van der Waals surface area contributed by atoms with Gasteiger partial charge in [-0.2, -0.15) is 0 Å². The van der Waals surface area contributed by atoms with Gasteiger partial charge in [0.1, 0.15) is 11.2 Å². The molecule has 9 aromatic rings. The van der Waals surface area contributed by atoms with Gasteiger partial charge in [-0.05, 0) is 95.9 Å². The lowest BCUT2D eigenvalue weighted by molar-refractivity contribution is 0.669. The molecule has 0 atom stereocenters. The number of furan rings is 1. The second-order valence-corrected chi connectivity index (χ2v) is 9.85. The molecule has 1 nitrogen and oxygen atoms in total. The summed E-state index contributed by atoms with van der Waals surface area (Å²) in [4.78, 5) is 0. The van der Waals surface area contributed by atoms with Gasteiger partial charge in [-0.25, -0.2) is 0 Å². The van der Waals surface area contributed by atoms with Crippen molar-refractivity contribution in [2.75, 3.05) is 0 Å². The van der Waals surface area contributed by atoms with Crippen LogP contribution in [0, 0.1) is 0 Å². The van der Waals surface area contributed by atoms with Crippen molar-refractivity contribution in [3.8, 4) is 33.4 Å². The minimum absolute atomic E-state index is 0.0604. The van der Waals surface area contributed by atoms with Crippen molar-refractivity contribution in [3.63, 3.8) is 0 Å². The maximum absolute atomic E-state index is 9.58. The standard InChI is InChI=1S/C42H26O/c1-2-10-27(11-3-1)28-18-19-30-25-31(21-20-29(30)24-28)41-34-13-4-6-15-36(34)42(37-16-7-5-14-35(37)41)32-22-23-40-38(26-32)33-12-8-9-17-39(33)43-40/h1-26H/i1D,2D,3D,8D,9D,10D,11D,12D,17D,18D,19D,20D,21D,22D,23D,24D,25D,26D. The van der Waals surface area contributed by atoms with Crippen LogP contribution in [0.5, 0.6) is 0 Å². The van der Waals surface area contributed by atoms with Crippen LogP contribution < -0.4 is 0 Å². The molecule has 0 saturated heterocycles. The van der Waals surface area contributed by atoms with Crippen LogP contribution in [0.25, 0.3) is 87.6 Å². The van der Waals surface area contributed by atoms with Crippen molar-refractivity contribution >= 4 is 54.3 Å². The van der Waals surface area contributed by atoms with Crippen LogP contribution in [0.1, 0.15) is 24.7 Å². The Balaban J connectivity index is 1.41. The summed E-state index contributed by atoms with van der Waals surface area (Å²) < 4.78 is 164. The van der Waals surface area contributed by atoms with Crippen LogP contribution in [0.2, 0.25) is 0 Å². The third-order valence-electron chi connectivity index (χ3n) is 7.44. The molecule has 0 spiro atoms. The quantitative estimate of drug-likeness (QED) is 0.195. The Morgan fingerprint density at radius 2 is 0.884 bits per heavy atom. The van der Waals surface area contributed by atoms with E-state index in [-0.39, 0.29) is 55.6 Å². The minimum Gasteiger partial charge on any atom is -0.456 e. The molecule has 0 aliphatic heterocycles. The number of hydrogen-bond acceptors (Lipinski definition) is 1. The summed E-state index contributed by atoms with van der Waals surface area (Å²) >= 11 is 0. The Hall–Kier alpha value is -5.66. The van der Waals surface area contributed by atoms with Crippen LogP contribution in [0.15, 0.2) is 162 Å². The highest BCUT2D eigenvalue weighted by Crippen LogP contribution is 2.45. The van der Waals surface area contributed by atoms with Gasteiger partial charge < -0.3 is 4.42 Å². The number of para-hydroxylation sites is 1. The summed E-state index contributed by atoms with van der Waals surface area (Å²) in [6, 6.07) is 2.72. The Morgan fingerprint density at radius 3 is 1.56 bits per heavy atom. The van der Waals surface area contributed by atoms with Gasteiger partial charge in [-0.1, -0.05) is 127 Å². The molecule has 200 valence electrons. The number of hydrogen-bond donors (Lipinski definition) is 0. The van der Waals surface area contributed by atoms with E-state index in [9.17, 15) is 8.22 Å². The van der Waals surface area contributed by atoms with E-state index in [1.807, 2.05) is 0 Å². The second-order valence-electron chi connectivity index (χ2n) is 9.85. The highest BCUT2D eigenvalue weighted by Gasteiger charge is 2.18. The van der Waals surface area contributed by atoms with Gasteiger partial charge in [0.05, 0.1) is 24.7 Å². The highest BCUT2D eigenvalue weighted by atomic mass is 16.3. The Labute approximate surface area is 274 Å². The first-order valence-corrected chi connectivity index (χ1v) is 13.3. The molecule has 0 fully saturated rings. The average molecular weight is 565 g/mol. The van der Waals surface area contributed by atoms with Gasteiger partial charge in [-0.15, -0.1) is 0 Å². The summed E-state index contributed by atoms with van der Waals surface area (Å²) in [5.74, 6) is 0. The van der Waals surface area contributed by atoms with E-state index >= 15 is 0 Å². The third-order valence-corrected chi connectivity index (χ3v) is 7.44. The van der Waals surface area contributed by atoms with E-state index in [2.05, 4.69) is 0 Å². The largest absolute Gasteiger partial charge is 0.456 e. The van der Waals surface area contributed by atoms with E-state index in [0.29, 0.717) is 21.5 Å². The summed E-state index contributed by atoms with van der Waals surface area (Å²) in [5.41, 5.74) is -1.25. The van der Waals surface area contributed by atoms with Crippen LogP contribution in [-0.4, -0.2) is 0 Å². The van der Waals surface area contributed by atoms with Crippen molar-refractivity contribution < 1.29 is 29.1 Å². The van der Waals surface area contributed by atoms with Crippen molar-refractivity contribution in [1.82, 2.24) is 0 Å². The fourth-order valence-electron chi connectivity index (χ4n) is 5.60. The van der Waals surface area contributed by atoms with Crippen molar-refractivity contribution in [1.29, 1.82) is 0 Å². The monoisotopic (exact) mass is 564 g/mol. The van der Waals surface area contributed by atoms with E-state index in [1.54, 1.807) is 48.5 Å². The molecule has 0 N–H and O–H groups in total. The molecular formula is C42H26O. The minimum atomic E-state index is -0.729. The predicted octanol–water partition coefficient (Wildman–Crippen LogP) is 12.0. The molecule has 1 aromatic heterocycles. The molecular weight excluding hydrogens is 520 g/mol. The van der Waals surface area contributed by atoms with E-state index in [1.165, 1.54) is 0 Å². The zero-order valence-corrected chi connectivity index (χ0v) is 22.0. The molecule has 9 rings (SSSR count). The lowest BCUT2D eigenvalue weighted by atomic mass is 9.85. The van der Waals surface area contributed by atoms with Crippen molar-refractivity contribution in [2.24, 2.45) is 0 Å². The second kappa shape index (κ2) is 9.44. The normalized spacial score (nSPS) is 17.6. The van der Waals surface area contributed by atoms with E-state index in [4.69, 9.17) is 20.9 Å². The molecule has 1 heteroatoms. The Morgan fingerprint density at radius 1 is 0.372 bits per heavy atom. The number of fused-ring (bicyclic) bond motifs is 6. The third kappa shape index (κ3) is 3.79. The first-order chi connectivity index (χ1) is 28.8. The van der Waals surface area contributed by atoms with Gasteiger partial charge >= 0.3 is 0 Å². The molecule has 0 bridgehead atoms. The molecule has 0 aliphatic carbocycles. The topological polar surface area (TPSA) is 13.1 Å². The molecule has 8 aromatic carbocycles. The van der Waals surface area contributed by atoms with Crippen molar-refractivity contribution in [3.05, 3.63) is 157 Å². The number of benzene rings is 8. The zero-order chi connectivity index (χ0) is 44.0. The predicted molar refractivity (Wildman–Crippen MR) is 183 cm³/mol. The van der Waals surface area contributed by atoms with Crippen molar-refractivity contribution in [2.45, 2.75) is 0 Å². The van der Waals surface area contributed by atoms with Gasteiger partial charge in [-0.3, -0.25) is 0 Å². The lowest BCUT2D eigenvalue weighted by Gasteiger charge is -2.18. The molecule has 0 aliphatic rings. The van der Waals surface area contributed by atoms with Gasteiger partial charge in [0.15, 0.2) is 0 Å². The molecule has 43 heavy (non-hydrogen) atoms. The van der Waals surface area contributed by atoms with Crippen LogP contribution in [-0.2, 0) is 0 Å². The maximum Gasteiger partial charge on any atom is 0.135 e. The zero-order valence-electron chi connectivity index (χ0n) is 40.0. The van der Waals surface area contributed by atoms with Gasteiger partial charge in [0.25, 0.3) is 0 Å². The SMILES string of the molecule is [2H]c1c([2H])c([2H])c(-c2c([2H])c([2H])c3c([2H])c(-c4c5ccccc5c(-c5c([2H])c([2H])c6oc7c([2H])c([2H])c([2H])c([2H])c7c6c5[2H])c5ccccc45)c([2H])c([2H])c3c2[2H])c([2H])c1[2H]. The average Bonchev–Trinajstić information content (AvgIpc) is 3.66. The van der Waals surface area contributed by atoms with Crippen LogP contribution in [0.3, 0.4) is 0 Å². The number of rotatable bonds is 3. The summed E-state index contributed by atoms with van der Waals surface area (Å²) in [5, 5.41) is 0.527. The Kier molecular flexibility index (Phi) is 2.70. The lowest BCUT2D eigenvalue weighted by Crippen LogP contribution is -1.91. The smallest absolute Gasteiger partial charge is 0.135 e. The molecule has 1 heterocycles. The van der Waals surface area contributed by atoms with Gasteiger partial charge in [0.2, 0.25) is 0 Å². The van der Waals surface area contributed by atoms with Gasteiger partial charge in [0, 0.05) is 10.8 Å². The van der Waals surface area contributed by atoms with Crippen LogP contribution >= 0.6 is 0 Å². The summed E-state index contributed by atoms with van der Waals surface area (Å²) in [7, 11) is 0. The maximum atomic E-state index is 9.58. The first kappa shape index (κ1) is 12.3. The highest BCUT2D eigenvalue weighted by molar-refractivity contribution is 6.22. The summed E-state index contributed by atoms with van der Waals surface area (Å²) in [6.07, 6.45) is 0. The fourth-order valence-corrected chi connectivity index (χ4v) is 5.60. The van der Waals surface area contributed by atoms with E-state index < -0.39 is 119 Å². The fraction of sp³-hybridized carbons (Fsp3) is 0. The first-order valence-electron chi connectivity index (χ1n) is 22.3. The molecule has 0 unspecified atom stereocenters. The van der Waals surface area contributed by atoms with Crippen LogP contribution in [0.4, 0.5) is 0 Å². The Bertz CT molecular complexity index is 3430. The molecule has 0 radical (unpaired) electrons. The molecule has 0 amide bonds.